The Kier molecular flexibility index (Phi) is 8.92. The molecule has 3 heterocycles. The van der Waals surface area contributed by atoms with Crippen molar-refractivity contribution in [1.29, 1.82) is 0 Å². The minimum absolute atomic E-state index is 0.114. The van der Waals surface area contributed by atoms with Gasteiger partial charge in [-0.25, -0.2) is 9.18 Å². The molecule has 13 heteroatoms. The molecule has 0 aliphatic carbocycles. The molecular weight excluding hydrogens is 589 g/mol. The minimum atomic E-state index is -4.42. The third kappa shape index (κ3) is 6.97. The lowest BCUT2D eigenvalue weighted by atomic mass is 10.0. The van der Waals surface area contributed by atoms with E-state index in [0.717, 1.165) is 11.8 Å². The monoisotopic (exact) mass is 619 g/mol. The topological polar surface area (TPSA) is 86.2 Å². The Morgan fingerprint density at radius 3 is 2.74 bits per heavy atom. The predicted molar refractivity (Wildman–Crippen MR) is 162 cm³/mol. The van der Waals surface area contributed by atoms with Crippen LogP contribution in [0.2, 0.25) is 0 Å². The highest BCUT2D eigenvalue weighted by atomic mass is 32.1. The Bertz CT molecular complexity index is 1690. The number of piperidine rings is 1. The lowest BCUT2D eigenvalue weighted by Crippen LogP contribution is -2.46. The SMILES string of the molecule is CN1CCC(Nc2cccc3c(CC(F)(F)F)c(C#CCNc4ccc(P(C)C)cc4-c4noc(=O)[nH]4)sc23)C(F)C1. The standard InChI is InChI=1S/C29H30F4N5O2PS/c1-38-13-11-23(21(30)16-38)35-24-7-4-6-18-20(15-29(31,32)33)25(42-26(18)24)8-5-12-34-22-10-9-17(41(2)3)14-19(22)27-36-28(39)40-37-27/h4,6-7,9-10,14,21,23,34-35H,11-13,15-16H2,1-3H3,(H,36,37,39). The van der Waals surface area contributed by atoms with Gasteiger partial charge in [0.25, 0.3) is 0 Å². The predicted octanol–water partition coefficient (Wildman–Crippen LogP) is 5.63. The molecule has 1 fully saturated rings. The van der Waals surface area contributed by atoms with Crippen molar-refractivity contribution < 1.29 is 22.1 Å². The number of thiophene rings is 1. The van der Waals surface area contributed by atoms with Gasteiger partial charge in [0, 0.05) is 24.3 Å². The number of rotatable bonds is 7. The second kappa shape index (κ2) is 12.5. The zero-order chi connectivity index (χ0) is 30.0. The smallest absolute Gasteiger partial charge is 0.378 e. The molecule has 0 bridgehead atoms. The van der Waals surface area contributed by atoms with Gasteiger partial charge in [0.05, 0.1) is 34.3 Å². The van der Waals surface area contributed by atoms with Gasteiger partial charge in [-0.15, -0.1) is 11.3 Å². The number of anilines is 2. The number of likely N-dealkylation sites (tertiary alicyclic amines) is 1. The fourth-order valence-electron chi connectivity index (χ4n) is 4.95. The molecule has 2 aromatic heterocycles. The van der Waals surface area contributed by atoms with Crippen LogP contribution >= 0.6 is 19.3 Å². The van der Waals surface area contributed by atoms with E-state index in [1.165, 1.54) is 11.3 Å². The van der Waals surface area contributed by atoms with Crippen LogP contribution in [0, 0.1) is 11.8 Å². The normalized spacial score (nSPS) is 17.8. The van der Waals surface area contributed by atoms with E-state index in [4.69, 9.17) is 0 Å². The first kappa shape index (κ1) is 30.1. The maximum atomic E-state index is 14.7. The Hall–Kier alpha value is -3.39. The summed E-state index contributed by atoms with van der Waals surface area (Å²) in [5.74, 6) is 5.49. The third-order valence-corrected chi connectivity index (χ3v) is 9.57. The van der Waals surface area contributed by atoms with E-state index in [9.17, 15) is 22.4 Å². The fourth-order valence-corrected chi connectivity index (χ4v) is 6.88. The van der Waals surface area contributed by atoms with Gasteiger partial charge in [0.2, 0.25) is 0 Å². The number of hydrogen-bond donors (Lipinski definition) is 3. The van der Waals surface area contributed by atoms with Crippen molar-refractivity contribution in [1.82, 2.24) is 15.0 Å². The molecule has 1 saturated heterocycles. The van der Waals surface area contributed by atoms with Crippen LogP contribution in [0.25, 0.3) is 21.5 Å². The van der Waals surface area contributed by atoms with Gasteiger partial charge in [0.15, 0.2) is 5.82 Å². The van der Waals surface area contributed by atoms with Crippen LogP contribution in [-0.4, -0.2) is 73.4 Å². The van der Waals surface area contributed by atoms with Crippen LogP contribution in [0.4, 0.5) is 28.9 Å². The van der Waals surface area contributed by atoms with Gasteiger partial charge in [-0.1, -0.05) is 43.1 Å². The zero-order valence-corrected chi connectivity index (χ0v) is 24.9. The van der Waals surface area contributed by atoms with Gasteiger partial charge in [-0.05, 0) is 61.3 Å². The summed E-state index contributed by atoms with van der Waals surface area (Å²) in [6.07, 6.45) is -6.03. The second-order valence-electron chi connectivity index (χ2n) is 10.4. The summed E-state index contributed by atoms with van der Waals surface area (Å²) in [5.41, 5.74) is 2.00. The molecule has 5 rings (SSSR count). The summed E-state index contributed by atoms with van der Waals surface area (Å²) in [4.78, 5) is 16.4. The first-order valence-corrected chi connectivity index (χ1v) is 16.3. The summed E-state index contributed by atoms with van der Waals surface area (Å²) in [6.45, 7) is 5.37. The first-order valence-electron chi connectivity index (χ1n) is 13.3. The summed E-state index contributed by atoms with van der Waals surface area (Å²) in [5, 5.41) is 11.8. The minimum Gasteiger partial charge on any atom is -0.378 e. The van der Waals surface area contributed by atoms with Crippen molar-refractivity contribution in [3.05, 3.63) is 57.4 Å². The van der Waals surface area contributed by atoms with Crippen LogP contribution in [-0.2, 0) is 6.42 Å². The number of aromatic nitrogens is 2. The average Bonchev–Trinajstić information content (AvgIpc) is 3.51. The number of hydrogen-bond acceptors (Lipinski definition) is 7. The Morgan fingerprint density at radius 2 is 2.05 bits per heavy atom. The number of H-pyrrole nitrogens is 1. The molecule has 7 nitrogen and oxygen atoms in total. The molecule has 3 N–H and O–H groups in total. The number of fused-ring (bicyclic) bond motifs is 1. The summed E-state index contributed by atoms with van der Waals surface area (Å²) in [7, 11) is 1.45. The molecule has 2 atom stereocenters. The fraction of sp³-hybridized carbons (Fsp3) is 0.379. The van der Waals surface area contributed by atoms with Crippen LogP contribution < -0.4 is 21.7 Å². The summed E-state index contributed by atoms with van der Waals surface area (Å²) < 4.78 is 60.9. The molecule has 2 unspecified atom stereocenters. The van der Waals surface area contributed by atoms with Gasteiger partial charge in [-0.2, -0.15) is 13.2 Å². The molecule has 2 aromatic carbocycles. The van der Waals surface area contributed by atoms with Crippen LogP contribution in [0.15, 0.2) is 45.7 Å². The summed E-state index contributed by atoms with van der Waals surface area (Å²) >= 11 is 1.18. The Balaban J connectivity index is 1.43. The Labute approximate surface area is 245 Å². The number of nitrogens with one attached hydrogen (secondary N) is 3. The lowest BCUT2D eigenvalue weighted by molar-refractivity contribution is -0.126. The number of nitrogens with zero attached hydrogens (tertiary/aromatic N) is 2. The van der Waals surface area contributed by atoms with Crippen LogP contribution in [0.5, 0.6) is 0 Å². The maximum absolute atomic E-state index is 14.7. The van der Waals surface area contributed by atoms with E-state index in [1.807, 2.05) is 30.1 Å². The number of halogens is 4. The van der Waals surface area contributed by atoms with E-state index >= 15 is 0 Å². The molecule has 1 aliphatic rings. The van der Waals surface area contributed by atoms with E-state index in [0.29, 0.717) is 44.9 Å². The van der Waals surface area contributed by atoms with Gasteiger partial charge in [-0.3, -0.25) is 9.51 Å². The largest absolute Gasteiger partial charge is 0.439 e. The highest BCUT2D eigenvalue weighted by Gasteiger charge is 2.32. The van der Waals surface area contributed by atoms with Crippen molar-refractivity contribution in [2.24, 2.45) is 0 Å². The van der Waals surface area contributed by atoms with Crippen molar-refractivity contribution in [3.63, 3.8) is 0 Å². The van der Waals surface area contributed by atoms with Crippen molar-refractivity contribution in [2.45, 2.75) is 31.2 Å². The number of benzene rings is 2. The van der Waals surface area contributed by atoms with Crippen molar-refractivity contribution in [3.8, 4) is 23.2 Å². The quantitative estimate of drug-likeness (QED) is 0.141. The molecule has 0 radical (unpaired) electrons. The number of alkyl halides is 4. The highest BCUT2D eigenvalue weighted by Crippen LogP contribution is 2.39. The van der Waals surface area contributed by atoms with Crippen LogP contribution in [0.1, 0.15) is 16.9 Å². The van der Waals surface area contributed by atoms with Gasteiger partial charge >= 0.3 is 11.9 Å². The lowest BCUT2D eigenvalue weighted by Gasteiger charge is -2.33. The third-order valence-electron chi connectivity index (χ3n) is 7.07. The maximum Gasteiger partial charge on any atom is 0.439 e. The average molecular weight is 620 g/mol. The highest BCUT2D eigenvalue weighted by molar-refractivity contribution is 7.64. The van der Waals surface area contributed by atoms with E-state index < -0.39 is 38.5 Å². The van der Waals surface area contributed by atoms with E-state index in [-0.39, 0.29) is 17.9 Å². The van der Waals surface area contributed by atoms with Crippen LogP contribution in [0.3, 0.4) is 0 Å². The second-order valence-corrected chi connectivity index (χ2v) is 13.8. The molecule has 222 valence electrons. The number of aromatic amines is 1. The van der Waals surface area contributed by atoms with Gasteiger partial charge < -0.3 is 15.5 Å². The van der Waals surface area contributed by atoms with E-state index in [2.05, 4.69) is 50.5 Å². The van der Waals surface area contributed by atoms with Crippen molar-refractivity contribution >= 4 is 46.0 Å². The van der Waals surface area contributed by atoms with E-state index in [1.54, 1.807) is 18.2 Å². The molecule has 0 amide bonds. The molecule has 4 aromatic rings. The molecule has 0 saturated carbocycles. The van der Waals surface area contributed by atoms with Gasteiger partial charge in [0.1, 0.15) is 6.17 Å². The molecule has 42 heavy (non-hydrogen) atoms. The Morgan fingerprint density at radius 1 is 1.24 bits per heavy atom. The zero-order valence-electron chi connectivity index (χ0n) is 23.2. The molecular formula is C29H30F4N5O2PS. The first-order chi connectivity index (χ1) is 20.0. The molecule has 1 aliphatic heterocycles. The molecule has 0 spiro atoms. The summed E-state index contributed by atoms with van der Waals surface area (Å²) in [6, 6.07) is 10.5. The van der Waals surface area contributed by atoms with Crippen molar-refractivity contribution in [2.75, 3.05) is 50.6 Å².